The minimum absolute atomic E-state index is 0.000502. The number of carboxylic acids is 1. The van der Waals surface area contributed by atoms with Gasteiger partial charge in [-0.1, -0.05) is 11.3 Å². The average Bonchev–Trinajstić information content (AvgIpc) is 2.70. The van der Waals surface area contributed by atoms with Crippen LogP contribution in [-0.2, 0) is 16.1 Å². The molecule has 0 radical (unpaired) electrons. The third kappa shape index (κ3) is 3.04. The predicted molar refractivity (Wildman–Crippen MR) is 70.3 cm³/mol. The van der Waals surface area contributed by atoms with E-state index in [1.807, 2.05) is 0 Å². The van der Waals surface area contributed by atoms with E-state index in [1.165, 1.54) is 4.57 Å². The molecule has 0 aliphatic carbocycles. The number of carbonyl (C=O) groups excluding carboxylic acids is 1. The Labute approximate surface area is 114 Å². The first-order valence-electron chi connectivity index (χ1n) is 6.14. The number of nitrogens with zero attached hydrogens (tertiary/aromatic N) is 2. The zero-order valence-corrected chi connectivity index (χ0v) is 11.5. The zero-order chi connectivity index (χ0) is 14.0. The summed E-state index contributed by atoms with van der Waals surface area (Å²) in [6.45, 7) is 2.59. The van der Waals surface area contributed by atoms with E-state index in [2.05, 4.69) is 0 Å². The molecule has 2 rings (SSSR count). The lowest BCUT2D eigenvalue weighted by Gasteiger charge is -2.30. The Balaban J connectivity index is 2.04. The van der Waals surface area contributed by atoms with Crippen LogP contribution in [0.2, 0.25) is 0 Å². The van der Waals surface area contributed by atoms with E-state index < -0.39 is 11.9 Å². The average molecular weight is 284 g/mol. The molecule has 1 aliphatic heterocycles. The van der Waals surface area contributed by atoms with Crippen molar-refractivity contribution in [3.05, 3.63) is 20.7 Å². The second kappa shape index (κ2) is 5.56. The molecule has 1 N–H and O–H groups in total. The van der Waals surface area contributed by atoms with Crippen molar-refractivity contribution < 1.29 is 14.7 Å². The largest absolute Gasteiger partial charge is 0.481 e. The molecule has 6 nitrogen and oxygen atoms in total. The molecule has 7 heteroatoms. The Morgan fingerprint density at radius 1 is 1.53 bits per heavy atom. The van der Waals surface area contributed by atoms with Gasteiger partial charge in [-0.15, -0.1) is 0 Å². The summed E-state index contributed by atoms with van der Waals surface area (Å²) in [5.74, 6) is -1.53. The van der Waals surface area contributed by atoms with Crippen molar-refractivity contribution in [2.24, 2.45) is 5.92 Å². The van der Waals surface area contributed by atoms with Crippen LogP contribution in [0.1, 0.15) is 18.5 Å². The van der Waals surface area contributed by atoms with Crippen LogP contribution in [0.5, 0.6) is 0 Å². The molecule has 1 aliphatic rings. The highest BCUT2D eigenvalue weighted by atomic mass is 32.1. The minimum Gasteiger partial charge on any atom is -0.481 e. The summed E-state index contributed by atoms with van der Waals surface area (Å²) in [6.07, 6.45) is 1.30. The lowest BCUT2D eigenvalue weighted by Crippen LogP contribution is -2.44. The standard InChI is InChI=1S/C12H16N2O4S/c1-8-7-19-12(18)14(8)6-10(15)13-4-2-3-9(5-13)11(16)17/h7,9H,2-6H2,1H3,(H,16,17)/t9-/m1/s1. The number of aryl methyl sites for hydroxylation is 1. The molecule has 1 aromatic rings. The third-order valence-corrected chi connectivity index (χ3v) is 4.27. The quantitative estimate of drug-likeness (QED) is 0.878. The van der Waals surface area contributed by atoms with Gasteiger partial charge in [-0.25, -0.2) is 0 Å². The Morgan fingerprint density at radius 2 is 2.26 bits per heavy atom. The molecule has 1 saturated heterocycles. The molecule has 0 unspecified atom stereocenters. The molecule has 0 aromatic carbocycles. The third-order valence-electron chi connectivity index (χ3n) is 3.39. The molecule has 2 heterocycles. The van der Waals surface area contributed by atoms with Crippen molar-refractivity contribution in [1.82, 2.24) is 9.47 Å². The normalized spacial score (nSPS) is 19.4. The highest BCUT2D eigenvalue weighted by Crippen LogP contribution is 2.17. The Bertz CT molecular complexity index is 548. The van der Waals surface area contributed by atoms with Crippen LogP contribution in [-0.4, -0.2) is 39.5 Å². The molecule has 1 fully saturated rings. The van der Waals surface area contributed by atoms with Gasteiger partial charge in [-0.2, -0.15) is 0 Å². The van der Waals surface area contributed by atoms with E-state index in [1.54, 1.807) is 17.2 Å². The van der Waals surface area contributed by atoms with Gasteiger partial charge in [-0.05, 0) is 19.8 Å². The van der Waals surface area contributed by atoms with Gasteiger partial charge in [0.2, 0.25) is 5.91 Å². The van der Waals surface area contributed by atoms with Gasteiger partial charge in [0, 0.05) is 24.2 Å². The maximum Gasteiger partial charge on any atom is 0.308 e. The number of hydrogen-bond donors (Lipinski definition) is 1. The lowest BCUT2D eigenvalue weighted by molar-refractivity contribution is -0.145. The number of likely N-dealkylation sites (tertiary alicyclic amines) is 1. The summed E-state index contributed by atoms with van der Waals surface area (Å²) < 4.78 is 1.43. The first kappa shape index (κ1) is 13.8. The molecule has 1 aromatic heterocycles. The van der Waals surface area contributed by atoms with E-state index in [0.29, 0.717) is 19.4 Å². The van der Waals surface area contributed by atoms with Gasteiger partial charge < -0.3 is 10.0 Å². The fourth-order valence-corrected chi connectivity index (χ4v) is 2.97. The number of hydrogen-bond acceptors (Lipinski definition) is 4. The van der Waals surface area contributed by atoms with E-state index in [0.717, 1.165) is 17.0 Å². The molecule has 0 spiro atoms. The number of aromatic nitrogens is 1. The van der Waals surface area contributed by atoms with Crippen LogP contribution in [0, 0.1) is 12.8 Å². The monoisotopic (exact) mass is 284 g/mol. The molecule has 0 bridgehead atoms. The van der Waals surface area contributed by atoms with Crippen LogP contribution in [0.4, 0.5) is 0 Å². The highest BCUT2D eigenvalue weighted by Gasteiger charge is 2.28. The van der Waals surface area contributed by atoms with Gasteiger partial charge in [0.05, 0.1) is 5.92 Å². The zero-order valence-electron chi connectivity index (χ0n) is 10.7. The van der Waals surface area contributed by atoms with Gasteiger partial charge >= 0.3 is 10.8 Å². The summed E-state index contributed by atoms with van der Waals surface area (Å²) in [5, 5.41) is 10.7. The molecule has 19 heavy (non-hydrogen) atoms. The van der Waals surface area contributed by atoms with Crippen molar-refractivity contribution >= 4 is 23.2 Å². The molecule has 1 atom stereocenters. The van der Waals surface area contributed by atoms with Crippen molar-refractivity contribution in [1.29, 1.82) is 0 Å². The first-order valence-corrected chi connectivity index (χ1v) is 7.02. The molecular weight excluding hydrogens is 268 g/mol. The number of amides is 1. The fourth-order valence-electron chi connectivity index (χ4n) is 2.24. The Kier molecular flexibility index (Phi) is 4.04. The minimum atomic E-state index is -0.860. The predicted octanol–water partition coefficient (Wildman–Crippen LogP) is 0.541. The summed E-state index contributed by atoms with van der Waals surface area (Å²) in [4.78, 5) is 36.0. The number of carbonyl (C=O) groups is 2. The SMILES string of the molecule is Cc1csc(=O)n1CC(=O)N1CCC[C@@H](C(=O)O)C1. The molecule has 0 saturated carbocycles. The second-order valence-electron chi connectivity index (χ2n) is 4.75. The van der Waals surface area contributed by atoms with Crippen LogP contribution in [0.25, 0.3) is 0 Å². The van der Waals surface area contributed by atoms with Crippen LogP contribution in [0.15, 0.2) is 10.2 Å². The highest BCUT2D eigenvalue weighted by molar-refractivity contribution is 7.07. The van der Waals surface area contributed by atoms with E-state index in [-0.39, 0.29) is 23.9 Å². The van der Waals surface area contributed by atoms with Crippen molar-refractivity contribution in [3.8, 4) is 0 Å². The summed E-state index contributed by atoms with van der Waals surface area (Å²) in [5.41, 5.74) is 0.759. The Hall–Kier alpha value is -1.63. The van der Waals surface area contributed by atoms with Crippen molar-refractivity contribution in [2.45, 2.75) is 26.3 Å². The number of carboxylic acid groups (broad SMARTS) is 1. The van der Waals surface area contributed by atoms with E-state index in [4.69, 9.17) is 5.11 Å². The van der Waals surface area contributed by atoms with Crippen LogP contribution >= 0.6 is 11.3 Å². The molecule has 104 valence electrons. The van der Waals surface area contributed by atoms with E-state index in [9.17, 15) is 14.4 Å². The summed E-state index contributed by atoms with van der Waals surface area (Å²) in [6, 6.07) is 0. The van der Waals surface area contributed by atoms with Crippen molar-refractivity contribution in [3.63, 3.8) is 0 Å². The van der Waals surface area contributed by atoms with Crippen LogP contribution in [0.3, 0.4) is 0 Å². The molecule has 1 amide bonds. The Morgan fingerprint density at radius 3 is 2.84 bits per heavy atom. The number of rotatable bonds is 3. The topological polar surface area (TPSA) is 79.6 Å². The number of thiazole rings is 1. The van der Waals surface area contributed by atoms with Crippen LogP contribution < -0.4 is 4.87 Å². The van der Waals surface area contributed by atoms with Crippen molar-refractivity contribution in [2.75, 3.05) is 13.1 Å². The van der Waals surface area contributed by atoms with Gasteiger partial charge in [0.15, 0.2) is 0 Å². The van der Waals surface area contributed by atoms with E-state index >= 15 is 0 Å². The number of piperidine rings is 1. The number of aliphatic carboxylic acids is 1. The lowest BCUT2D eigenvalue weighted by atomic mass is 9.98. The molecular formula is C12H16N2O4S. The summed E-state index contributed by atoms with van der Waals surface area (Å²) >= 11 is 1.07. The maximum atomic E-state index is 12.1. The second-order valence-corrected chi connectivity index (χ2v) is 5.57. The smallest absolute Gasteiger partial charge is 0.308 e. The van der Waals surface area contributed by atoms with Gasteiger partial charge in [0.1, 0.15) is 6.54 Å². The first-order chi connectivity index (χ1) is 8.99. The van der Waals surface area contributed by atoms with Gasteiger partial charge in [-0.3, -0.25) is 19.0 Å². The summed E-state index contributed by atoms with van der Waals surface area (Å²) in [7, 11) is 0. The van der Waals surface area contributed by atoms with Gasteiger partial charge in [0.25, 0.3) is 0 Å². The fraction of sp³-hybridized carbons (Fsp3) is 0.583. The maximum absolute atomic E-state index is 12.1.